The highest BCUT2D eigenvalue weighted by atomic mass is 14.8. The highest BCUT2D eigenvalue weighted by Gasteiger charge is 2.14. The molecule has 1 nitrogen and oxygen atoms in total. The summed E-state index contributed by atoms with van der Waals surface area (Å²) >= 11 is 0. The van der Waals surface area contributed by atoms with Crippen LogP contribution in [0.2, 0.25) is 0 Å². The van der Waals surface area contributed by atoms with Crippen molar-refractivity contribution < 1.29 is 0 Å². The number of rotatable bonds is 8. The molecule has 0 heterocycles. The number of hydrogen-bond donors (Lipinski definition) is 1. The van der Waals surface area contributed by atoms with Crippen LogP contribution < -0.4 is 5.32 Å². The summed E-state index contributed by atoms with van der Waals surface area (Å²) in [7, 11) is 2.07. The number of nitrogens with one attached hydrogen (secondary N) is 1. The van der Waals surface area contributed by atoms with Gasteiger partial charge in [0.2, 0.25) is 0 Å². The third-order valence-corrected chi connectivity index (χ3v) is 3.92. The van der Waals surface area contributed by atoms with Crippen LogP contribution in [0, 0.1) is 18.8 Å². The van der Waals surface area contributed by atoms with Gasteiger partial charge in [-0.3, -0.25) is 0 Å². The Kier molecular flexibility index (Phi) is 7.04. The molecule has 1 aromatic rings. The molecule has 1 aromatic carbocycles. The summed E-state index contributed by atoms with van der Waals surface area (Å²) < 4.78 is 0. The largest absolute Gasteiger partial charge is 0.319 e. The Labute approximate surface area is 113 Å². The second-order valence-corrected chi connectivity index (χ2v) is 5.54. The van der Waals surface area contributed by atoms with Crippen molar-refractivity contribution in [1.29, 1.82) is 0 Å². The Bertz CT molecular complexity index is 328. The SMILES string of the molecule is CCC(CC)CC(CNC)Cc1cccc(C)c1. The molecule has 102 valence electrons. The maximum atomic E-state index is 3.36. The summed E-state index contributed by atoms with van der Waals surface area (Å²) in [4.78, 5) is 0. The minimum atomic E-state index is 0.765. The van der Waals surface area contributed by atoms with Gasteiger partial charge in [0, 0.05) is 0 Å². The molecule has 1 rings (SSSR count). The maximum absolute atomic E-state index is 3.36. The highest BCUT2D eigenvalue weighted by molar-refractivity contribution is 5.22. The predicted octanol–water partition coefficient (Wildman–Crippen LogP) is 4.20. The third kappa shape index (κ3) is 5.22. The molecule has 1 unspecified atom stereocenters. The standard InChI is InChI=1S/C17H29N/c1-5-15(6-2)11-17(13-18-4)12-16-9-7-8-14(3)10-16/h7-10,15,17-18H,5-6,11-13H2,1-4H3. The van der Waals surface area contributed by atoms with Gasteiger partial charge in [-0.1, -0.05) is 56.5 Å². The van der Waals surface area contributed by atoms with Crippen LogP contribution in [0.3, 0.4) is 0 Å². The lowest BCUT2D eigenvalue weighted by Crippen LogP contribution is -2.23. The van der Waals surface area contributed by atoms with Crippen LogP contribution in [0.15, 0.2) is 24.3 Å². The Balaban J connectivity index is 2.61. The first-order chi connectivity index (χ1) is 8.69. The van der Waals surface area contributed by atoms with E-state index in [9.17, 15) is 0 Å². The summed E-state index contributed by atoms with van der Waals surface area (Å²) in [5.74, 6) is 1.65. The van der Waals surface area contributed by atoms with Gasteiger partial charge in [0.1, 0.15) is 0 Å². The van der Waals surface area contributed by atoms with E-state index in [2.05, 4.69) is 57.4 Å². The first kappa shape index (κ1) is 15.2. The lowest BCUT2D eigenvalue weighted by molar-refractivity contribution is 0.344. The van der Waals surface area contributed by atoms with Gasteiger partial charge in [-0.15, -0.1) is 0 Å². The minimum absolute atomic E-state index is 0.765. The third-order valence-electron chi connectivity index (χ3n) is 3.92. The zero-order valence-electron chi connectivity index (χ0n) is 12.5. The molecule has 0 fully saturated rings. The average molecular weight is 247 g/mol. The van der Waals surface area contributed by atoms with E-state index in [0.717, 1.165) is 18.4 Å². The summed E-state index contributed by atoms with van der Waals surface area (Å²) in [6, 6.07) is 8.95. The lowest BCUT2D eigenvalue weighted by Gasteiger charge is -2.22. The van der Waals surface area contributed by atoms with Crippen LogP contribution in [0.5, 0.6) is 0 Å². The van der Waals surface area contributed by atoms with Crippen LogP contribution in [0.25, 0.3) is 0 Å². The van der Waals surface area contributed by atoms with Crippen molar-refractivity contribution in [3.05, 3.63) is 35.4 Å². The van der Waals surface area contributed by atoms with E-state index in [1.165, 1.54) is 36.8 Å². The van der Waals surface area contributed by atoms with Crippen LogP contribution in [0.1, 0.15) is 44.2 Å². The normalized spacial score (nSPS) is 12.9. The van der Waals surface area contributed by atoms with E-state index in [-0.39, 0.29) is 0 Å². The molecular formula is C17H29N. The highest BCUT2D eigenvalue weighted by Crippen LogP contribution is 2.22. The fourth-order valence-corrected chi connectivity index (χ4v) is 2.79. The van der Waals surface area contributed by atoms with E-state index in [1.54, 1.807) is 0 Å². The Morgan fingerprint density at radius 2 is 1.83 bits per heavy atom. The van der Waals surface area contributed by atoms with E-state index in [4.69, 9.17) is 0 Å². The van der Waals surface area contributed by atoms with Gasteiger partial charge in [0.05, 0.1) is 0 Å². The first-order valence-electron chi connectivity index (χ1n) is 7.39. The Morgan fingerprint density at radius 3 is 2.39 bits per heavy atom. The molecule has 1 N–H and O–H groups in total. The summed E-state index contributed by atoms with van der Waals surface area (Å²) in [5.41, 5.74) is 2.86. The molecule has 0 aliphatic rings. The lowest BCUT2D eigenvalue weighted by atomic mass is 9.86. The number of hydrogen-bond acceptors (Lipinski definition) is 1. The molecule has 0 amide bonds. The van der Waals surface area contributed by atoms with Crippen LogP contribution in [0.4, 0.5) is 0 Å². The van der Waals surface area contributed by atoms with E-state index < -0.39 is 0 Å². The molecule has 1 heteroatoms. The minimum Gasteiger partial charge on any atom is -0.319 e. The van der Waals surface area contributed by atoms with Crippen LogP contribution in [-0.2, 0) is 6.42 Å². The Morgan fingerprint density at radius 1 is 1.11 bits per heavy atom. The molecule has 0 radical (unpaired) electrons. The van der Waals surface area contributed by atoms with Crippen molar-refractivity contribution in [3.63, 3.8) is 0 Å². The number of benzene rings is 1. The molecule has 0 bridgehead atoms. The van der Waals surface area contributed by atoms with Crippen molar-refractivity contribution in [3.8, 4) is 0 Å². The van der Waals surface area contributed by atoms with Crippen molar-refractivity contribution in [2.24, 2.45) is 11.8 Å². The molecule has 0 aliphatic carbocycles. The van der Waals surface area contributed by atoms with E-state index >= 15 is 0 Å². The second-order valence-electron chi connectivity index (χ2n) is 5.54. The summed E-state index contributed by atoms with van der Waals surface area (Å²) in [6.45, 7) is 7.94. The summed E-state index contributed by atoms with van der Waals surface area (Å²) in [5, 5.41) is 3.36. The molecular weight excluding hydrogens is 218 g/mol. The first-order valence-corrected chi connectivity index (χ1v) is 7.39. The van der Waals surface area contributed by atoms with Gasteiger partial charge >= 0.3 is 0 Å². The quantitative estimate of drug-likeness (QED) is 0.726. The van der Waals surface area contributed by atoms with Crippen molar-refractivity contribution in [1.82, 2.24) is 5.32 Å². The van der Waals surface area contributed by atoms with Gasteiger partial charge in [-0.25, -0.2) is 0 Å². The molecule has 0 spiro atoms. The van der Waals surface area contributed by atoms with Crippen molar-refractivity contribution in [2.45, 2.75) is 46.5 Å². The second kappa shape index (κ2) is 8.31. The predicted molar refractivity (Wildman–Crippen MR) is 81.0 cm³/mol. The van der Waals surface area contributed by atoms with Gasteiger partial charge < -0.3 is 5.32 Å². The molecule has 1 atom stereocenters. The van der Waals surface area contributed by atoms with Crippen LogP contribution >= 0.6 is 0 Å². The molecule has 0 saturated heterocycles. The van der Waals surface area contributed by atoms with Gasteiger partial charge in [-0.2, -0.15) is 0 Å². The fraction of sp³-hybridized carbons (Fsp3) is 0.647. The van der Waals surface area contributed by atoms with E-state index in [0.29, 0.717) is 0 Å². The fourth-order valence-electron chi connectivity index (χ4n) is 2.79. The average Bonchev–Trinajstić information content (AvgIpc) is 2.36. The van der Waals surface area contributed by atoms with Crippen LogP contribution in [-0.4, -0.2) is 13.6 Å². The van der Waals surface area contributed by atoms with Crippen molar-refractivity contribution >= 4 is 0 Å². The summed E-state index contributed by atoms with van der Waals surface area (Å²) in [6.07, 6.45) is 5.18. The zero-order chi connectivity index (χ0) is 13.4. The molecule has 0 aliphatic heterocycles. The monoisotopic (exact) mass is 247 g/mol. The molecule has 0 saturated carbocycles. The molecule has 0 aromatic heterocycles. The zero-order valence-corrected chi connectivity index (χ0v) is 12.5. The topological polar surface area (TPSA) is 12.0 Å². The van der Waals surface area contributed by atoms with Gasteiger partial charge in [-0.05, 0) is 50.8 Å². The van der Waals surface area contributed by atoms with Gasteiger partial charge in [0.15, 0.2) is 0 Å². The molecule has 18 heavy (non-hydrogen) atoms. The van der Waals surface area contributed by atoms with Crippen molar-refractivity contribution in [2.75, 3.05) is 13.6 Å². The smallest absolute Gasteiger partial charge is 0.00202 e. The number of aryl methyl sites for hydroxylation is 1. The van der Waals surface area contributed by atoms with E-state index in [1.807, 2.05) is 0 Å². The van der Waals surface area contributed by atoms with Gasteiger partial charge in [0.25, 0.3) is 0 Å². The Hall–Kier alpha value is -0.820. The maximum Gasteiger partial charge on any atom is -0.00202 e.